The van der Waals surface area contributed by atoms with Crippen LogP contribution in [0.2, 0.25) is 0 Å². The van der Waals surface area contributed by atoms with E-state index < -0.39 is 0 Å². The molecule has 0 bridgehead atoms. The molecule has 19 heavy (non-hydrogen) atoms. The van der Waals surface area contributed by atoms with Gasteiger partial charge in [0.2, 0.25) is 5.88 Å². The lowest BCUT2D eigenvalue weighted by Crippen LogP contribution is -2.04. The molecule has 2 rings (SSSR count). The van der Waals surface area contributed by atoms with Crippen molar-refractivity contribution in [2.24, 2.45) is 0 Å². The number of nitrogens with zero attached hydrogens (tertiary/aromatic N) is 2. The monoisotopic (exact) mass is 253 g/mol. The average Bonchev–Trinajstić information content (AvgIpc) is 2.44. The highest BCUT2D eigenvalue weighted by Crippen LogP contribution is 2.21. The van der Waals surface area contributed by atoms with E-state index >= 15 is 0 Å². The van der Waals surface area contributed by atoms with Crippen LogP contribution in [0, 0.1) is 18.3 Å². The molecule has 0 amide bonds. The predicted octanol–water partition coefficient (Wildman–Crippen LogP) is 2.88. The first-order chi connectivity index (χ1) is 9.24. The molecule has 0 spiro atoms. The maximum atomic E-state index is 9.13. The Kier molecular flexibility index (Phi) is 3.99. The Hall–Kier alpha value is -2.54. The first-order valence-electron chi connectivity index (χ1n) is 6.01. The zero-order chi connectivity index (χ0) is 13.7. The Morgan fingerprint density at radius 1 is 1.26 bits per heavy atom. The number of nitriles is 1. The summed E-state index contributed by atoms with van der Waals surface area (Å²) in [5.41, 5.74) is 3.25. The van der Waals surface area contributed by atoms with Crippen LogP contribution in [0.15, 0.2) is 36.4 Å². The molecule has 0 aliphatic rings. The molecule has 0 aliphatic carbocycles. The number of aryl methyl sites for hydroxylation is 1. The SMILES string of the molecule is CNc1cccc(C#N)c1COc1cccc(C)n1. The van der Waals surface area contributed by atoms with Crippen molar-refractivity contribution < 1.29 is 4.74 Å². The summed E-state index contributed by atoms with van der Waals surface area (Å²) in [5.74, 6) is 0.565. The van der Waals surface area contributed by atoms with Gasteiger partial charge in [0.15, 0.2) is 0 Å². The molecule has 4 heteroatoms. The van der Waals surface area contributed by atoms with Gasteiger partial charge in [0, 0.05) is 30.1 Å². The molecule has 0 radical (unpaired) electrons. The van der Waals surface area contributed by atoms with Gasteiger partial charge in [0.1, 0.15) is 6.61 Å². The van der Waals surface area contributed by atoms with Gasteiger partial charge in [0.25, 0.3) is 0 Å². The second kappa shape index (κ2) is 5.87. The Morgan fingerprint density at radius 2 is 2.05 bits per heavy atom. The summed E-state index contributed by atoms with van der Waals surface area (Å²) in [4.78, 5) is 4.27. The van der Waals surface area contributed by atoms with Crippen LogP contribution in [0.5, 0.6) is 5.88 Å². The zero-order valence-electron chi connectivity index (χ0n) is 11.0. The highest BCUT2D eigenvalue weighted by atomic mass is 16.5. The third-order valence-corrected chi connectivity index (χ3v) is 2.79. The molecule has 0 atom stereocenters. The molecular weight excluding hydrogens is 238 g/mol. The van der Waals surface area contributed by atoms with Crippen molar-refractivity contribution in [3.8, 4) is 11.9 Å². The molecule has 1 heterocycles. The Morgan fingerprint density at radius 3 is 2.74 bits per heavy atom. The van der Waals surface area contributed by atoms with E-state index in [0.29, 0.717) is 18.1 Å². The highest BCUT2D eigenvalue weighted by molar-refractivity contribution is 5.57. The maximum Gasteiger partial charge on any atom is 0.213 e. The van der Waals surface area contributed by atoms with Gasteiger partial charge in [-0.1, -0.05) is 12.1 Å². The number of anilines is 1. The summed E-state index contributed by atoms with van der Waals surface area (Å²) in [5, 5.41) is 12.2. The molecule has 96 valence electrons. The fourth-order valence-corrected chi connectivity index (χ4v) is 1.83. The highest BCUT2D eigenvalue weighted by Gasteiger charge is 2.08. The number of ether oxygens (including phenoxy) is 1. The molecular formula is C15H15N3O. The van der Waals surface area contributed by atoms with Crippen molar-refractivity contribution >= 4 is 5.69 Å². The number of aromatic nitrogens is 1. The van der Waals surface area contributed by atoms with E-state index in [1.165, 1.54) is 0 Å². The summed E-state index contributed by atoms with van der Waals surface area (Å²) in [7, 11) is 1.82. The number of hydrogen-bond donors (Lipinski definition) is 1. The fraction of sp³-hybridized carbons (Fsp3) is 0.200. The second-order valence-corrected chi connectivity index (χ2v) is 4.10. The van der Waals surface area contributed by atoms with Crippen molar-refractivity contribution in [3.05, 3.63) is 53.2 Å². The van der Waals surface area contributed by atoms with Crippen LogP contribution in [-0.2, 0) is 6.61 Å². The van der Waals surface area contributed by atoms with E-state index in [4.69, 9.17) is 10.00 Å². The van der Waals surface area contributed by atoms with Gasteiger partial charge >= 0.3 is 0 Å². The molecule has 1 aromatic carbocycles. The predicted molar refractivity (Wildman–Crippen MR) is 74.0 cm³/mol. The van der Waals surface area contributed by atoms with Gasteiger partial charge in [-0.3, -0.25) is 0 Å². The topological polar surface area (TPSA) is 57.9 Å². The molecule has 0 fully saturated rings. The van der Waals surface area contributed by atoms with E-state index in [2.05, 4.69) is 16.4 Å². The van der Waals surface area contributed by atoms with E-state index in [1.54, 1.807) is 12.1 Å². The third kappa shape index (κ3) is 3.02. The lowest BCUT2D eigenvalue weighted by Gasteiger charge is -2.12. The Bertz CT molecular complexity index is 617. The van der Waals surface area contributed by atoms with Crippen molar-refractivity contribution in [3.63, 3.8) is 0 Å². The minimum Gasteiger partial charge on any atom is -0.473 e. The summed E-state index contributed by atoms with van der Waals surface area (Å²) in [6.07, 6.45) is 0. The molecule has 0 saturated heterocycles. The average molecular weight is 253 g/mol. The fourth-order valence-electron chi connectivity index (χ4n) is 1.83. The minimum absolute atomic E-state index is 0.316. The van der Waals surface area contributed by atoms with Crippen LogP contribution in [0.25, 0.3) is 0 Å². The number of benzene rings is 1. The van der Waals surface area contributed by atoms with Crippen molar-refractivity contribution in [2.45, 2.75) is 13.5 Å². The van der Waals surface area contributed by atoms with Gasteiger partial charge in [-0.05, 0) is 25.1 Å². The third-order valence-electron chi connectivity index (χ3n) is 2.79. The normalized spacial score (nSPS) is 9.74. The molecule has 0 aliphatic heterocycles. The molecule has 1 aromatic heterocycles. The number of rotatable bonds is 4. The first-order valence-corrected chi connectivity index (χ1v) is 6.01. The van der Waals surface area contributed by atoms with Crippen LogP contribution >= 0.6 is 0 Å². The zero-order valence-corrected chi connectivity index (χ0v) is 11.0. The molecule has 2 aromatic rings. The maximum absolute atomic E-state index is 9.13. The molecule has 0 unspecified atom stereocenters. The van der Waals surface area contributed by atoms with Gasteiger partial charge < -0.3 is 10.1 Å². The van der Waals surface area contributed by atoms with E-state index in [0.717, 1.165) is 16.9 Å². The molecule has 1 N–H and O–H groups in total. The summed E-state index contributed by atoms with van der Waals surface area (Å²) >= 11 is 0. The van der Waals surface area contributed by atoms with Crippen LogP contribution in [0.1, 0.15) is 16.8 Å². The van der Waals surface area contributed by atoms with Crippen LogP contribution in [-0.4, -0.2) is 12.0 Å². The number of pyridine rings is 1. The number of hydrogen-bond acceptors (Lipinski definition) is 4. The first kappa shape index (κ1) is 12.9. The van der Waals surface area contributed by atoms with Gasteiger partial charge in [0.05, 0.1) is 11.6 Å². The van der Waals surface area contributed by atoms with Crippen molar-refractivity contribution in [1.29, 1.82) is 5.26 Å². The lowest BCUT2D eigenvalue weighted by molar-refractivity contribution is 0.293. The summed E-state index contributed by atoms with van der Waals surface area (Å²) in [6.45, 7) is 2.23. The van der Waals surface area contributed by atoms with Crippen molar-refractivity contribution in [1.82, 2.24) is 4.98 Å². The van der Waals surface area contributed by atoms with E-state index in [-0.39, 0.29) is 0 Å². The standard InChI is InChI=1S/C15H15N3O/c1-11-5-3-8-15(18-11)19-10-13-12(9-16)6-4-7-14(13)17-2/h3-8,17H,10H2,1-2H3. The van der Waals surface area contributed by atoms with Crippen LogP contribution in [0.4, 0.5) is 5.69 Å². The summed E-state index contributed by atoms with van der Waals surface area (Å²) in [6, 6.07) is 13.3. The number of nitrogens with one attached hydrogen (secondary N) is 1. The van der Waals surface area contributed by atoms with Gasteiger partial charge in [-0.25, -0.2) is 4.98 Å². The second-order valence-electron chi connectivity index (χ2n) is 4.10. The quantitative estimate of drug-likeness (QED) is 0.910. The minimum atomic E-state index is 0.316. The largest absolute Gasteiger partial charge is 0.473 e. The van der Waals surface area contributed by atoms with Gasteiger partial charge in [-0.15, -0.1) is 0 Å². The van der Waals surface area contributed by atoms with Gasteiger partial charge in [-0.2, -0.15) is 5.26 Å². The smallest absolute Gasteiger partial charge is 0.213 e. The summed E-state index contributed by atoms with van der Waals surface area (Å²) < 4.78 is 5.66. The van der Waals surface area contributed by atoms with Crippen LogP contribution < -0.4 is 10.1 Å². The molecule has 4 nitrogen and oxygen atoms in total. The van der Waals surface area contributed by atoms with Crippen molar-refractivity contribution in [2.75, 3.05) is 12.4 Å². The molecule has 0 saturated carbocycles. The Labute approximate surface area is 112 Å². The Balaban J connectivity index is 2.22. The van der Waals surface area contributed by atoms with E-state index in [9.17, 15) is 0 Å². The van der Waals surface area contributed by atoms with Crippen LogP contribution in [0.3, 0.4) is 0 Å². The lowest BCUT2D eigenvalue weighted by atomic mass is 10.1. The van der Waals surface area contributed by atoms with E-state index in [1.807, 2.05) is 38.2 Å².